The van der Waals surface area contributed by atoms with E-state index in [1.165, 1.54) is 6.42 Å². The third-order valence-electron chi connectivity index (χ3n) is 3.40. The zero-order valence-electron chi connectivity index (χ0n) is 10.1. The lowest BCUT2D eigenvalue weighted by Gasteiger charge is -2.39. The molecule has 0 radical (unpaired) electrons. The molecule has 5 heteroatoms. The molecule has 0 aromatic heterocycles. The third-order valence-corrected chi connectivity index (χ3v) is 3.94. The summed E-state index contributed by atoms with van der Waals surface area (Å²) in [4.78, 5) is 2.52. The molecule has 0 amide bonds. The second-order valence-corrected chi connectivity index (χ2v) is 5.38. The van der Waals surface area contributed by atoms with Crippen molar-refractivity contribution in [3.8, 4) is 0 Å². The van der Waals surface area contributed by atoms with Gasteiger partial charge in [-0.05, 0) is 37.5 Å². The van der Waals surface area contributed by atoms with Crippen LogP contribution in [0.15, 0.2) is 18.2 Å². The van der Waals surface area contributed by atoms with Crippen LogP contribution in [0.5, 0.6) is 0 Å². The van der Waals surface area contributed by atoms with E-state index in [4.69, 9.17) is 29.6 Å². The van der Waals surface area contributed by atoms with Crippen molar-refractivity contribution in [2.45, 2.75) is 25.3 Å². The van der Waals surface area contributed by atoms with E-state index in [0.717, 1.165) is 24.1 Å². The first-order valence-corrected chi connectivity index (χ1v) is 6.89. The molecule has 1 fully saturated rings. The van der Waals surface area contributed by atoms with Gasteiger partial charge in [0.1, 0.15) is 4.99 Å². The first-order valence-electron chi connectivity index (χ1n) is 6.10. The molecule has 1 saturated carbocycles. The van der Waals surface area contributed by atoms with Crippen molar-refractivity contribution >= 4 is 34.5 Å². The predicted molar refractivity (Wildman–Crippen MR) is 79.4 cm³/mol. The molecule has 0 heterocycles. The van der Waals surface area contributed by atoms with E-state index < -0.39 is 0 Å². The van der Waals surface area contributed by atoms with Crippen molar-refractivity contribution in [3.63, 3.8) is 0 Å². The molecule has 3 nitrogen and oxygen atoms in total. The zero-order chi connectivity index (χ0) is 13.1. The average molecular weight is 285 g/mol. The van der Waals surface area contributed by atoms with E-state index >= 15 is 0 Å². The van der Waals surface area contributed by atoms with Gasteiger partial charge in [0, 0.05) is 18.2 Å². The van der Waals surface area contributed by atoms with Crippen LogP contribution in [0.3, 0.4) is 0 Å². The van der Waals surface area contributed by atoms with E-state index in [1.54, 1.807) is 6.07 Å². The Balaban J connectivity index is 2.26. The summed E-state index contributed by atoms with van der Waals surface area (Å²) in [6, 6.07) is 6.10. The van der Waals surface area contributed by atoms with Crippen LogP contribution in [0.1, 0.15) is 24.8 Å². The Hall–Kier alpha value is -0.840. The maximum atomic E-state index is 9.17. The van der Waals surface area contributed by atoms with Gasteiger partial charge in [0.05, 0.1) is 17.3 Å². The standard InChI is InChI=1S/C13H17ClN2OS/c14-11-8-9(13(15)18)4-5-12(11)16(6-7-17)10-2-1-3-10/h4-5,8,10,17H,1-3,6-7H2,(H2,15,18). The van der Waals surface area contributed by atoms with Crippen LogP contribution in [0.25, 0.3) is 0 Å². The van der Waals surface area contributed by atoms with Gasteiger partial charge in [-0.25, -0.2) is 0 Å². The Morgan fingerprint density at radius 3 is 2.67 bits per heavy atom. The van der Waals surface area contributed by atoms with Gasteiger partial charge >= 0.3 is 0 Å². The number of aliphatic hydroxyl groups is 1. The van der Waals surface area contributed by atoms with E-state index in [2.05, 4.69) is 4.90 Å². The molecule has 0 saturated heterocycles. The maximum absolute atomic E-state index is 9.17. The van der Waals surface area contributed by atoms with Crippen molar-refractivity contribution in [1.82, 2.24) is 0 Å². The molecule has 0 bridgehead atoms. The van der Waals surface area contributed by atoms with Crippen LogP contribution in [0, 0.1) is 0 Å². The minimum Gasteiger partial charge on any atom is -0.395 e. The summed E-state index contributed by atoms with van der Waals surface area (Å²) in [5, 5.41) is 9.81. The molecule has 98 valence electrons. The van der Waals surface area contributed by atoms with Gasteiger partial charge in [-0.1, -0.05) is 23.8 Å². The Morgan fingerprint density at radius 2 is 2.22 bits per heavy atom. The van der Waals surface area contributed by atoms with Gasteiger partial charge in [0.2, 0.25) is 0 Å². The van der Waals surface area contributed by atoms with Crippen LogP contribution in [0.4, 0.5) is 5.69 Å². The summed E-state index contributed by atoms with van der Waals surface area (Å²) in [6.45, 7) is 0.737. The van der Waals surface area contributed by atoms with Crippen molar-refractivity contribution < 1.29 is 5.11 Å². The normalized spacial score (nSPS) is 15.2. The fourth-order valence-electron chi connectivity index (χ4n) is 2.20. The van der Waals surface area contributed by atoms with E-state index in [0.29, 0.717) is 22.6 Å². The van der Waals surface area contributed by atoms with Crippen molar-refractivity contribution in [3.05, 3.63) is 28.8 Å². The first-order chi connectivity index (χ1) is 8.63. The molecule has 0 spiro atoms. The smallest absolute Gasteiger partial charge is 0.104 e. The van der Waals surface area contributed by atoms with Gasteiger partial charge in [-0.2, -0.15) is 0 Å². The number of halogens is 1. The summed E-state index contributed by atoms with van der Waals surface area (Å²) in [7, 11) is 0. The molecule has 1 aromatic carbocycles. The average Bonchev–Trinajstić information content (AvgIpc) is 2.26. The molecule has 18 heavy (non-hydrogen) atoms. The van der Waals surface area contributed by atoms with Crippen LogP contribution in [-0.2, 0) is 0 Å². The summed E-state index contributed by atoms with van der Waals surface area (Å²) in [5.74, 6) is 0. The van der Waals surface area contributed by atoms with E-state index in [1.807, 2.05) is 12.1 Å². The quantitative estimate of drug-likeness (QED) is 0.815. The molecule has 2 rings (SSSR count). The number of thiocarbonyl (C=S) groups is 1. The van der Waals surface area contributed by atoms with Gasteiger partial charge in [-0.3, -0.25) is 0 Å². The van der Waals surface area contributed by atoms with Crippen LogP contribution >= 0.6 is 23.8 Å². The van der Waals surface area contributed by atoms with Gasteiger partial charge in [0.25, 0.3) is 0 Å². The Bertz CT molecular complexity index is 449. The maximum Gasteiger partial charge on any atom is 0.104 e. The first kappa shape index (κ1) is 13.6. The molecular formula is C13H17ClN2OS. The lowest BCUT2D eigenvalue weighted by molar-refractivity contribution is 0.283. The topological polar surface area (TPSA) is 49.5 Å². The minimum absolute atomic E-state index is 0.129. The second kappa shape index (κ2) is 5.87. The van der Waals surface area contributed by atoms with Gasteiger partial charge in [-0.15, -0.1) is 0 Å². The third kappa shape index (κ3) is 2.76. The molecule has 0 aliphatic heterocycles. The monoisotopic (exact) mass is 284 g/mol. The largest absolute Gasteiger partial charge is 0.395 e. The fraction of sp³-hybridized carbons (Fsp3) is 0.462. The van der Waals surface area contributed by atoms with Crippen LogP contribution in [0.2, 0.25) is 5.02 Å². The molecule has 3 N–H and O–H groups in total. The number of anilines is 1. The fourth-order valence-corrected chi connectivity index (χ4v) is 2.61. The molecular weight excluding hydrogens is 268 g/mol. The van der Waals surface area contributed by atoms with Crippen molar-refractivity contribution in [2.75, 3.05) is 18.1 Å². The minimum atomic E-state index is 0.129. The Labute approximate surface area is 118 Å². The number of hydrogen-bond acceptors (Lipinski definition) is 3. The summed E-state index contributed by atoms with van der Waals surface area (Å²) >= 11 is 11.2. The second-order valence-electron chi connectivity index (χ2n) is 4.53. The Kier molecular flexibility index (Phi) is 4.43. The Morgan fingerprint density at radius 1 is 1.50 bits per heavy atom. The van der Waals surface area contributed by atoms with Crippen LogP contribution in [-0.4, -0.2) is 29.3 Å². The lowest BCUT2D eigenvalue weighted by atomic mass is 9.91. The molecule has 0 atom stereocenters. The summed E-state index contributed by atoms with van der Waals surface area (Å²) < 4.78 is 0. The number of rotatable bonds is 5. The number of nitrogens with two attached hydrogens (primary N) is 1. The highest BCUT2D eigenvalue weighted by Gasteiger charge is 2.26. The SMILES string of the molecule is NC(=S)c1ccc(N(CCO)C2CCC2)c(Cl)c1. The lowest BCUT2D eigenvalue weighted by Crippen LogP contribution is -2.42. The van der Waals surface area contributed by atoms with Gasteiger partial charge in [0.15, 0.2) is 0 Å². The van der Waals surface area contributed by atoms with E-state index in [9.17, 15) is 5.11 Å². The highest BCUT2D eigenvalue weighted by atomic mass is 35.5. The van der Waals surface area contributed by atoms with Crippen LogP contribution < -0.4 is 10.6 Å². The summed E-state index contributed by atoms with van der Waals surface area (Å²) in [5.41, 5.74) is 7.31. The molecule has 1 aliphatic carbocycles. The van der Waals surface area contributed by atoms with Gasteiger partial charge < -0.3 is 15.7 Å². The molecule has 1 aliphatic rings. The highest BCUT2D eigenvalue weighted by molar-refractivity contribution is 7.80. The highest BCUT2D eigenvalue weighted by Crippen LogP contribution is 2.34. The number of aliphatic hydroxyl groups excluding tert-OH is 1. The number of nitrogens with zero attached hydrogens (tertiary/aromatic N) is 1. The number of hydrogen-bond donors (Lipinski definition) is 2. The predicted octanol–water partition coefficient (Wildman–Crippen LogP) is 2.33. The van der Waals surface area contributed by atoms with Crippen molar-refractivity contribution in [1.29, 1.82) is 0 Å². The summed E-state index contributed by atoms with van der Waals surface area (Å²) in [6.07, 6.45) is 3.57. The van der Waals surface area contributed by atoms with Crippen molar-refractivity contribution in [2.24, 2.45) is 5.73 Å². The molecule has 1 aromatic rings. The number of benzene rings is 1. The zero-order valence-corrected chi connectivity index (χ0v) is 11.7. The molecule has 0 unspecified atom stereocenters. The van der Waals surface area contributed by atoms with E-state index in [-0.39, 0.29) is 6.61 Å².